The van der Waals surface area contributed by atoms with E-state index in [0.29, 0.717) is 12.8 Å². The molecule has 5 aliphatic rings. The average Bonchev–Trinajstić information content (AvgIpc) is 3.17. The first-order valence-corrected chi connectivity index (χ1v) is 29.3. The highest BCUT2D eigenvalue weighted by molar-refractivity contribution is 5.93. The van der Waals surface area contributed by atoms with E-state index >= 15 is 0 Å². The van der Waals surface area contributed by atoms with Gasteiger partial charge in [0.1, 0.15) is 6.10 Å². The van der Waals surface area contributed by atoms with Crippen molar-refractivity contribution < 1.29 is 78.8 Å². The Hall–Kier alpha value is -4.44. The number of hydrogen-bond acceptors (Lipinski definition) is 14. The minimum Gasteiger partial charge on any atom is -0.481 e. The van der Waals surface area contributed by atoms with E-state index in [-0.39, 0.29) is 62.4 Å². The highest BCUT2D eigenvalue weighted by Crippen LogP contribution is 2.65. The first-order chi connectivity index (χ1) is 36.6. The molecule has 0 amide bonds. The molecule has 5 fully saturated rings. The van der Waals surface area contributed by atoms with Crippen molar-refractivity contribution in [1.29, 1.82) is 0 Å². The number of carboxylic acids is 7. The van der Waals surface area contributed by atoms with E-state index in [4.69, 9.17) is 14.9 Å². The van der Waals surface area contributed by atoms with Crippen molar-refractivity contribution in [3.8, 4) is 0 Å². The van der Waals surface area contributed by atoms with Crippen LogP contribution in [-0.2, 0) is 43.1 Å². The zero-order valence-corrected chi connectivity index (χ0v) is 53.0. The van der Waals surface area contributed by atoms with Crippen LogP contribution in [-0.4, -0.2) is 145 Å². The Bertz CT molecular complexity index is 2170. The lowest BCUT2D eigenvalue weighted by Crippen LogP contribution is -2.72. The summed E-state index contributed by atoms with van der Waals surface area (Å²) in [5, 5.41) is 93.3. The van der Waals surface area contributed by atoms with Crippen molar-refractivity contribution in [2.24, 2.45) is 58.2 Å². The topological polar surface area (TPSA) is 348 Å². The third kappa shape index (κ3) is 16.5. The minimum absolute atomic E-state index is 0.268. The fourth-order valence-corrected chi connectivity index (χ4v) is 18.2. The molecule has 82 heavy (non-hydrogen) atoms. The number of carbonyl (C=O) groups excluding carboxylic acids is 1. The Balaban J connectivity index is 0.000000465. The number of carbonyl (C=O) groups is 8. The number of nitrogens with one attached hydrogen (secondary N) is 5. The number of esters is 1. The van der Waals surface area contributed by atoms with Crippen LogP contribution in [0, 0.1) is 58.2 Å². The molecule has 0 bridgehead atoms. The maximum Gasteiger partial charge on any atom is 0.311 e. The molecule has 5 aliphatic heterocycles. The number of hydrogen-bond donors (Lipinski definition) is 12. The second kappa shape index (κ2) is 23.4. The van der Waals surface area contributed by atoms with Gasteiger partial charge in [0.25, 0.3) is 0 Å². The summed E-state index contributed by atoms with van der Waals surface area (Å²) in [4.78, 5) is 105. The van der Waals surface area contributed by atoms with Crippen LogP contribution >= 0.6 is 0 Å². The molecule has 0 aromatic heterocycles. The summed E-state index contributed by atoms with van der Waals surface area (Å²) in [5.41, 5.74) is -10.00. The molecule has 21 nitrogen and oxygen atoms in total. The summed E-state index contributed by atoms with van der Waals surface area (Å²) in [6, 6.07) is 0. The monoisotopic (exact) mass is 1160 g/mol. The summed E-state index contributed by atoms with van der Waals surface area (Å²) in [6.07, 6.45) is 1.19. The second-order valence-electron chi connectivity index (χ2n) is 32.2. The molecule has 470 valence electrons. The van der Waals surface area contributed by atoms with E-state index in [1.54, 1.807) is 0 Å². The van der Waals surface area contributed by atoms with Gasteiger partial charge in [0.05, 0.1) is 47.3 Å². The number of carboxylic acid groups (broad SMARTS) is 7. The van der Waals surface area contributed by atoms with E-state index in [1.807, 2.05) is 138 Å². The van der Waals surface area contributed by atoms with Gasteiger partial charge in [-0.3, -0.25) is 38.4 Å². The molecular weight excluding hydrogens is 1060 g/mol. The molecule has 0 radical (unpaired) electrons. The van der Waals surface area contributed by atoms with Crippen molar-refractivity contribution in [3.05, 3.63) is 0 Å². The average molecular weight is 1160 g/mol. The first kappa shape index (κ1) is 70.0. The van der Waals surface area contributed by atoms with Gasteiger partial charge >= 0.3 is 47.8 Å². The molecule has 5 heterocycles. The molecule has 4 atom stereocenters. The van der Waals surface area contributed by atoms with Crippen molar-refractivity contribution in [1.82, 2.24) is 26.6 Å². The summed E-state index contributed by atoms with van der Waals surface area (Å²) in [5.74, 6) is -22.0. The Labute approximate surface area is 486 Å². The molecule has 0 aromatic carbocycles. The largest absolute Gasteiger partial charge is 0.481 e. The third-order valence-corrected chi connectivity index (χ3v) is 18.5. The molecule has 0 aromatic rings. The van der Waals surface area contributed by atoms with Gasteiger partial charge in [0, 0.05) is 68.2 Å². The van der Waals surface area contributed by atoms with Gasteiger partial charge in [-0.15, -0.1) is 0 Å². The van der Waals surface area contributed by atoms with Crippen molar-refractivity contribution in [2.75, 3.05) is 0 Å². The van der Waals surface area contributed by atoms with E-state index in [1.165, 1.54) is 0 Å². The molecule has 12 N–H and O–H groups in total. The fraction of sp³-hybridized carbons (Fsp3) is 0.869. The van der Waals surface area contributed by atoms with Crippen LogP contribution in [0.2, 0.25) is 0 Å². The van der Waals surface area contributed by atoms with Gasteiger partial charge in [-0.2, -0.15) is 0 Å². The van der Waals surface area contributed by atoms with Crippen molar-refractivity contribution in [2.45, 2.75) is 277 Å². The number of ether oxygens (including phenoxy) is 1. The lowest BCUT2D eigenvalue weighted by molar-refractivity contribution is -0.212. The molecule has 21 heteroatoms. The maximum atomic E-state index is 14.9. The normalized spacial score (nSPS) is 26.4. The summed E-state index contributed by atoms with van der Waals surface area (Å²) in [7, 11) is 0. The van der Waals surface area contributed by atoms with E-state index in [9.17, 15) is 63.9 Å². The van der Waals surface area contributed by atoms with Gasteiger partial charge in [-0.1, -0.05) is 0 Å². The van der Waals surface area contributed by atoms with Crippen LogP contribution in [0.4, 0.5) is 0 Å². The zero-order chi connectivity index (χ0) is 63.5. The first-order valence-electron chi connectivity index (χ1n) is 29.3. The summed E-state index contributed by atoms with van der Waals surface area (Å²) < 4.78 is 5.40. The van der Waals surface area contributed by atoms with Crippen LogP contribution in [0.25, 0.3) is 0 Å². The van der Waals surface area contributed by atoms with Crippen LogP contribution in [0.1, 0.15) is 216 Å². The van der Waals surface area contributed by atoms with Crippen LogP contribution in [0.15, 0.2) is 0 Å². The van der Waals surface area contributed by atoms with Gasteiger partial charge in [0.15, 0.2) is 0 Å². The predicted molar refractivity (Wildman–Crippen MR) is 308 cm³/mol. The highest BCUT2D eigenvalue weighted by atomic mass is 16.5. The zero-order valence-electron chi connectivity index (χ0n) is 53.0. The number of piperidine rings is 5. The molecule has 5 rings (SSSR count). The van der Waals surface area contributed by atoms with Crippen LogP contribution < -0.4 is 26.6 Å². The maximum absolute atomic E-state index is 14.9. The van der Waals surface area contributed by atoms with Crippen molar-refractivity contribution >= 4 is 47.8 Å². The molecule has 0 saturated carbocycles. The Morgan fingerprint density at radius 3 is 0.744 bits per heavy atom. The quantitative estimate of drug-likeness (QED) is 0.0547. The van der Waals surface area contributed by atoms with Gasteiger partial charge in [-0.05, 0) is 214 Å². The lowest BCUT2D eigenvalue weighted by atomic mass is 9.42. The SMILES string of the molecule is CC1(C)CC(C(C(=O)O)(C2CC(C)(C)NC(C)(C)C2)C(C(=O)O)C(C(=O)O)C(C(=O)O)(C2CC(C)(C)NC(C)(C)C2)C2CC(C)(C)NC(C)(C)C2)CC(C)(C)N1.CC1(C)CC(OC(=O)CC(C(=O)O)C(CC(=O)O)C(=O)O)CC(C)(C)N1. The van der Waals surface area contributed by atoms with Crippen molar-refractivity contribution in [3.63, 3.8) is 0 Å². The van der Waals surface area contributed by atoms with E-state index in [0.717, 1.165) is 0 Å². The fourth-order valence-electron chi connectivity index (χ4n) is 18.2. The Kier molecular flexibility index (Phi) is 20.0. The molecule has 0 aliphatic carbocycles. The molecule has 5 saturated heterocycles. The standard InChI is InChI=1S/C44H78N4O8.C17H27NO8/c1-35(2)17-25(18-36(3,4)45-35)43(33(53)54,26-19-37(5,6)46-38(7,8)20-26)29(31(49)50)30(32(51)52)44(34(55)56,27-21-39(9,10)47-40(11,12)22-27)28-23-41(13,14)48-42(15,16)24-28;1-16(2)7-9(8-17(3,4)18-16)26-13(21)6-11(15(24)25)10(14(22)23)5-12(19)20/h25-30,45-48H,17-24H2,1-16H3,(H,49,50)(H,51,52)(H,53,54)(H,55,56);9-11,18H,5-8H2,1-4H3,(H,19,20)(H,22,23)(H,24,25). The van der Waals surface area contributed by atoms with E-state index < -0.39 is 169 Å². The van der Waals surface area contributed by atoms with Crippen LogP contribution in [0.5, 0.6) is 0 Å². The smallest absolute Gasteiger partial charge is 0.311 e. The second-order valence-corrected chi connectivity index (χ2v) is 32.2. The van der Waals surface area contributed by atoms with E-state index in [2.05, 4.69) is 26.6 Å². The van der Waals surface area contributed by atoms with Crippen LogP contribution in [0.3, 0.4) is 0 Å². The molecule has 4 unspecified atom stereocenters. The molecule has 0 spiro atoms. The van der Waals surface area contributed by atoms with Gasteiger partial charge in [-0.25, -0.2) is 0 Å². The minimum atomic E-state index is -2.17. The van der Waals surface area contributed by atoms with Gasteiger partial charge < -0.3 is 67.1 Å². The Morgan fingerprint density at radius 2 is 0.561 bits per heavy atom. The third-order valence-electron chi connectivity index (χ3n) is 18.5. The number of aliphatic carboxylic acids is 7. The summed E-state index contributed by atoms with van der Waals surface area (Å²) >= 11 is 0. The molecular formula is C61H105N5O16. The lowest BCUT2D eigenvalue weighted by Gasteiger charge is -2.62. The Morgan fingerprint density at radius 1 is 0.354 bits per heavy atom. The summed E-state index contributed by atoms with van der Waals surface area (Å²) in [6.45, 7) is 39.5. The highest BCUT2D eigenvalue weighted by Gasteiger charge is 2.73. The predicted octanol–water partition coefficient (Wildman–Crippen LogP) is 7.86. The number of rotatable bonds is 19. The van der Waals surface area contributed by atoms with Gasteiger partial charge in [0.2, 0.25) is 0 Å².